The van der Waals surface area contributed by atoms with E-state index in [1.807, 2.05) is 50.2 Å². The van der Waals surface area contributed by atoms with Crippen molar-refractivity contribution in [3.05, 3.63) is 56.5 Å². The fraction of sp³-hybridized carbons (Fsp3) is 0.538. The number of aryl methyl sites for hydroxylation is 2. The normalized spacial score (nSPS) is 25.4. The number of ether oxygens (including phenoxy) is 2. The van der Waals surface area contributed by atoms with Crippen LogP contribution in [0, 0.1) is 13.8 Å². The van der Waals surface area contributed by atoms with Crippen LogP contribution in [0.25, 0.3) is 0 Å². The minimum absolute atomic E-state index is 0.0484. The maximum Gasteiger partial charge on any atom is 0.134 e. The largest absolute Gasteiger partial charge is 0.487 e. The number of rotatable bonds is 4. The van der Waals surface area contributed by atoms with Crippen LogP contribution in [0.5, 0.6) is 11.5 Å². The molecule has 0 unspecified atom stereocenters. The standard InChI is InChI=1S/2C13H17BrO2/c2*1-9-6-7-12(10(14)8-9)16-13-5-3-2-4-11(13)15/h2*6-8,11,13,15H,2-5H2,1H3/t2*11-,13-/m11/s1. The van der Waals surface area contributed by atoms with Gasteiger partial charge in [-0.15, -0.1) is 0 Å². The molecule has 0 radical (unpaired) electrons. The molecule has 4 nitrogen and oxygen atoms in total. The second-order valence-electron chi connectivity index (χ2n) is 8.88. The molecule has 0 amide bonds. The highest BCUT2D eigenvalue weighted by atomic mass is 79.9. The van der Waals surface area contributed by atoms with Crippen LogP contribution in [-0.4, -0.2) is 34.6 Å². The van der Waals surface area contributed by atoms with Crippen LogP contribution < -0.4 is 9.47 Å². The van der Waals surface area contributed by atoms with Crippen molar-refractivity contribution < 1.29 is 19.7 Å². The van der Waals surface area contributed by atoms with E-state index in [2.05, 4.69) is 31.9 Å². The number of halogens is 2. The molecule has 6 heteroatoms. The van der Waals surface area contributed by atoms with E-state index in [0.717, 1.165) is 71.8 Å². The fourth-order valence-electron chi connectivity index (χ4n) is 4.16. The molecular formula is C26H34Br2O4. The zero-order valence-electron chi connectivity index (χ0n) is 18.9. The molecule has 2 fully saturated rings. The van der Waals surface area contributed by atoms with Gasteiger partial charge in [0.2, 0.25) is 0 Å². The monoisotopic (exact) mass is 568 g/mol. The third-order valence-electron chi connectivity index (χ3n) is 6.07. The van der Waals surface area contributed by atoms with Crippen molar-refractivity contribution in [3.63, 3.8) is 0 Å². The Kier molecular flexibility index (Phi) is 9.90. The molecule has 0 heterocycles. The van der Waals surface area contributed by atoms with Crippen LogP contribution in [0.4, 0.5) is 0 Å². The molecule has 4 rings (SSSR count). The van der Waals surface area contributed by atoms with Gasteiger partial charge in [-0.25, -0.2) is 0 Å². The molecule has 2 aromatic carbocycles. The van der Waals surface area contributed by atoms with Gasteiger partial charge in [-0.1, -0.05) is 25.0 Å². The first-order chi connectivity index (χ1) is 15.3. The van der Waals surface area contributed by atoms with Gasteiger partial charge in [0.25, 0.3) is 0 Å². The predicted octanol–water partition coefficient (Wildman–Crippen LogP) is 6.88. The summed E-state index contributed by atoms with van der Waals surface area (Å²) in [6.45, 7) is 4.09. The van der Waals surface area contributed by atoms with Gasteiger partial charge < -0.3 is 19.7 Å². The van der Waals surface area contributed by atoms with E-state index in [1.165, 1.54) is 11.1 Å². The van der Waals surface area contributed by atoms with Crippen LogP contribution in [0.1, 0.15) is 62.5 Å². The van der Waals surface area contributed by atoms with Gasteiger partial charge in [-0.3, -0.25) is 0 Å². The Hall–Kier alpha value is -1.08. The summed E-state index contributed by atoms with van der Waals surface area (Å²) in [5.74, 6) is 1.66. The van der Waals surface area contributed by atoms with Gasteiger partial charge in [0.05, 0.1) is 21.2 Å². The molecule has 0 saturated heterocycles. The van der Waals surface area contributed by atoms with E-state index in [9.17, 15) is 10.2 Å². The molecule has 2 aliphatic rings. The summed E-state index contributed by atoms with van der Waals surface area (Å²) in [5, 5.41) is 19.7. The number of hydrogen-bond donors (Lipinski definition) is 2. The van der Waals surface area contributed by atoms with E-state index in [-0.39, 0.29) is 24.4 Å². The molecule has 2 aromatic rings. The van der Waals surface area contributed by atoms with Gasteiger partial charge in [0, 0.05) is 0 Å². The maximum atomic E-state index is 9.84. The van der Waals surface area contributed by atoms with Crippen LogP contribution in [0.2, 0.25) is 0 Å². The average Bonchev–Trinajstić information content (AvgIpc) is 2.75. The highest BCUT2D eigenvalue weighted by Crippen LogP contribution is 2.31. The lowest BCUT2D eigenvalue weighted by molar-refractivity contribution is 0.00647. The van der Waals surface area contributed by atoms with Crippen LogP contribution in [0.15, 0.2) is 45.3 Å². The molecular weight excluding hydrogens is 536 g/mol. The highest BCUT2D eigenvalue weighted by molar-refractivity contribution is 9.10. The average molecular weight is 570 g/mol. The number of aliphatic hydroxyl groups excluding tert-OH is 2. The van der Waals surface area contributed by atoms with E-state index in [4.69, 9.17) is 9.47 Å². The Morgan fingerprint density at radius 3 is 1.38 bits per heavy atom. The fourth-order valence-corrected chi connectivity index (χ4v) is 5.33. The van der Waals surface area contributed by atoms with Crippen molar-refractivity contribution in [2.45, 2.75) is 89.6 Å². The summed E-state index contributed by atoms with van der Waals surface area (Å²) in [6.07, 6.45) is 7.37. The van der Waals surface area contributed by atoms with Crippen LogP contribution in [0.3, 0.4) is 0 Å². The molecule has 2 N–H and O–H groups in total. The molecule has 176 valence electrons. The minimum Gasteiger partial charge on any atom is -0.487 e. The minimum atomic E-state index is -0.318. The van der Waals surface area contributed by atoms with Crippen molar-refractivity contribution in [3.8, 4) is 11.5 Å². The quantitative estimate of drug-likeness (QED) is 0.421. The van der Waals surface area contributed by atoms with Crippen LogP contribution >= 0.6 is 31.9 Å². The number of benzene rings is 2. The summed E-state index contributed by atoms with van der Waals surface area (Å²) >= 11 is 6.97. The van der Waals surface area contributed by atoms with Crippen molar-refractivity contribution >= 4 is 31.9 Å². The summed E-state index contributed by atoms with van der Waals surface area (Å²) in [5.41, 5.74) is 2.40. The highest BCUT2D eigenvalue weighted by Gasteiger charge is 2.26. The second-order valence-corrected chi connectivity index (χ2v) is 10.6. The van der Waals surface area contributed by atoms with Gasteiger partial charge >= 0.3 is 0 Å². The van der Waals surface area contributed by atoms with Crippen molar-refractivity contribution in [1.82, 2.24) is 0 Å². The van der Waals surface area contributed by atoms with E-state index in [1.54, 1.807) is 0 Å². The Morgan fingerprint density at radius 2 is 1.03 bits per heavy atom. The third-order valence-corrected chi connectivity index (χ3v) is 7.31. The van der Waals surface area contributed by atoms with Crippen molar-refractivity contribution in [2.75, 3.05) is 0 Å². The smallest absolute Gasteiger partial charge is 0.134 e. The maximum absolute atomic E-state index is 9.84. The lowest BCUT2D eigenvalue weighted by atomic mass is 9.95. The Labute approximate surface area is 208 Å². The van der Waals surface area contributed by atoms with E-state index < -0.39 is 0 Å². The molecule has 0 aromatic heterocycles. The lowest BCUT2D eigenvalue weighted by Gasteiger charge is -2.28. The van der Waals surface area contributed by atoms with Gasteiger partial charge in [-0.05, 0) is 120 Å². The van der Waals surface area contributed by atoms with E-state index in [0.29, 0.717) is 0 Å². The van der Waals surface area contributed by atoms with Crippen molar-refractivity contribution in [1.29, 1.82) is 0 Å². The first-order valence-electron chi connectivity index (χ1n) is 11.5. The first kappa shape index (κ1) is 25.5. The van der Waals surface area contributed by atoms with Crippen LogP contribution in [-0.2, 0) is 0 Å². The molecule has 2 saturated carbocycles. The predicted molar refractivity (Wildman–Crippen MR) is 136 cm³/mol. The summed E-state index contributed by atoms with van der Waals surface area (Å²) in [6, 6.07) is 12.0. The Balaban J connectivity index is 0.000000181. The number of aliphatic hydroxyl groups is 2. The molecule has 2 aliphatic carbocycles. The second kappa shape index (κ2) is 12.4. The van der Waals surface area contributed by atoms with Gasteiger partial charge in [0.1, 0.15) is 23.7 Å². The third kappa shape index (κ3) is 7.47. The zero-order chi connectivity index (χ0) is 23.1. The molecule has 4 atom stereocenters. The van der Waals surface area contributed by atoms with Gasteiger partial charge in [0.15, 0.2) is 0 Å². The molecule has 32 heavy (non-hydrogen) atoms. The summed E-state index contributed by atoms with van der Waals surface area (Å²) in [4.78, 5) is 0. The molecule has 0 bridgehead atoms. The summed E-state index contributed by atoms with van der Waals surface area (Å²) < 4.78 is 13.6. The van der Waals surface area contributed by atoms with Crippen molar-refractivity contribution in [2.24, 2.45) is 0 Å². The van der Waals surface area contributed by atoms with Gasteiger partial charge in [-0.2, -0.15) is 0 Å². The molecule has 0 spiro atoms. The molecule has 0 aliphatic heterocycles. The topological polar surface area (TPSA) is 58.9 Å². The SMILES string of the molecule is Cc1ccc(O[C@@H]2CCCC[C@H]2O)c(Br)c1.Cc1ccc(O[C@@H]2CCCC[C@H]2O)c(Br)c1. The van der Waals surface area contributed by atoms with E-state index >= 15 is 0 Å². The summed E-state index contributed by atoms with van der Waals surface area (Å²) in [7, 11) is 0. The lowest BCUT2D eigenvalue weighted by Crippen LogP contribution is -2.34. The first-order valence-corrected chi connectivity index (χ1v) is 13.1. The Bertz CT molecular complexity index is 801. The zero-order valence-corrected chi connectivity index (χ0v) is 22.1. The number of hydrogen-bond acceptors (Lipinski definition) is 4. The Morgan fingerprint density at radius 1 is 0.656 bits per heavy atom.